The molecule has 0 unspecified atom stereocenters. The molecule has 0 aromatic heterocycles. The van der Waals surface area contributed by atoms with Gasteiger partial charge in [0.2, 0.25) is 5.91 Å². The van der Waals surface area contributed by atoms with Gasteiger partial charge in [0.1, 0.15) is 5.75 Å². The van der Waals surface area contributed by atoms with Crippen LogP contribution in [0.15, 0.2) is 48.5 Å². The van der Waals surface area contributed by atoms with E-state index in [9.17, 15) is 14.7 Å². The SMILES string of the molecule is O=C(NCCNC(=O)C1CCCCC1)c1cc(Cc2ccccc2)ccc1O. The molecule has 3 N–H and O–H groups in total. The lowest BCUT2D eigenvalue weighted by molar-refractivity contribution is -0.125. The topological polar surface area (TPSA) is 78.4 Å². The Morgan fingerprint density at radius 2 is 1.61 bits per heavy atom. The van der Waals surface area contributed by atoms with Crippen molar-refractivity contribution in [2.24, 2.45) is 5.92 Å². The molecule has 0 bridgehead atoms. The monoisotopic (exact) mass is 380 g/mol. The Morgan fingerprint density at radius 3 is 2.36 bits per heavy atom. The Bertz CT molecular complexity index is 799. The van der Waals surface area contributed by atoms with E-state index < -0.39 is 0 Å². The summed E-state index contributed by atoms with van der Waals surface area (Å²) in [4.78, 5) is 24.6. The average molecular weight is 380 g/mol. The highest BCUT2D eigenvalue weighted by molar-refractivity contribution is 5.97. The predicted molar refractivity (Wildman–Crippen MR) is 109 cm³/mol. The predicted octanol–water partition coefficient (Wildman–Crippen LogP) is 3.41. The summed E-state index contributed by atoms with van der Waals surface area (Å²) in [5.41, 5.74) is 2.36. The molecule has 148 valence electrons. The van der Waals surface area contributed by atoms with Gasteiger partial charge in [0.25, 0.3) is 5.91 Å². The van der Waals surface area contributed by atoms with Crippen LogP contribution in [0.3, 0.4) is 0 Å². The molecule has 0 aliphatic heterocycles. The fourth-order valence-corrected chi connectivity index (χ4v) is 3.67. The minimum atomic E-state index is -0.334. The first-order valence-electron chi connectivity index (χ1n) is 10.0. The molecule has 0 atom stereocenters. The summed E-state index contributed by atoms with van der Waals surface area (Å²) >= 11 is 0. The molecule has 5 nitrogen and oxygen atoms in total. The number of nitrogens with one attached hydrogen (secondary N) is 2. The maximum atomic E-state index is 12.4. The van der Waals surface area contributed by atoms with Crippen LogP contribution < -0.4 is 10.6 Å². The van der Waals surface area contributed by atoms with E-state index in [1.165, 1.54) is 6.42 Å². The molecule has 0 radical (unpaired) electrons. The first-order chi connectivity index (χ1) is 13.6. The Morgan fingerprint density at radius 1 is 0.893 bits per heavy atom. The third-order valence-electron chi connectivity index (χ3n) is 5.24. The molecule has 2 amide bonds. The number of hydrogen-bond donors (Lipinski definition) is 3. The van der Waals surface area contributed by atoms with Crippen molar-refractivity contribution in [3.63, 3.8) is 0 Å². The van der Waals surface area contributed by atoms with Gasteiger partial charge in [-0.1, -0.05) is 55.7 Å². The van der Waals surface area contributed by atoms with E-state index in [0.717, 1.165) is 36.8 Å². The summed E-state index contributed by atoms with van der Waals surface area (Å²) in [6.45, 7) is 0.727. The van der Waals surface area contributed by atoms with E-state index in [0.29, 0.717) is 19.5 Å². The lowest BCUT2D eigenvalue weighted by atomic mass is 9.89. The number of phenols is 1. The number of rotatable bonds is 7. The normalized spacial score (nSPS) is 14.4. The molecule has 0 heterocycles. The van der Waals surface area contributed by atoms with Gasteiger partial charge >= 0.3 is 0 Å². The fourth-order valence-electron chi connectivity index (χ4n) is 3.67. The number of phenolic OH excluding ortho intramolecular Hbond substituents is 1. The highest BCUT2D eigenvalue weighted by Gasteiger charge is 2.20. The maximum absolute atomic E-state index is 12.4. The highest BCUT2D eigenvalue weighted by Crippen LogP contribution is 2.23. The first kappa shape index (κ1) is 19.9. The van der Waals surface area contributed by atoms with E-state index in [1.807, 2.05) is 36.4 Å². The van der Waals surface area contributed by atoms with Crippen LogP contribution in [0.2, 0.25) is 0 Å². The summed E-state index contributed by atoms with van der Waals surface area (Å²) < 4.78 is 0. The zero-order valence-corrected chi connectivity index (χ0v) is 16.1. The van der Waals surface area contributed by atoms with Crippen LogP contribution in [-0.4, -0.2) is 30.0 Å². The van der Waals surface area contributed by atoms with Gasteiger partial charge in [0.15, 0.2) is 0 Å². The fraction of sp³-hybridized carbons (Fsp3) is 0.391. The molecular weight excluding hydrogens is 352 g/mol. The van der Waals surface area contributed by atoms with Crippen LogP contribution in [0.4, 0.5) is 0 Å². The molecule has 0 saturated heterocycles. The molecule has 5 heteroatoms. The number of aromatic hydroxyl groups is 1. The molecule has 1 aliphatic carbocycles. The number of carbonyl (C=O) groups is 2. The number of amides is 2. The number of benzene rings is 2. The second-order valence-corrected chi connectivity index (χ2v) is 7.40. The van der Waals surface area contributed by atoms with E-state index >= 15 is 0 Å². The lowest BCUT2D eigenvalue weighted by Crippen LogP contribution is -2.38. The van der Waals surface area contributed by atoms with Gasteiger partial charge in [-0.3, -0.25) is 9.59 Å². The molecule has 0 spiro atoms. The van der Waals surface area contributed by atoms with Crippen molar-refractivity contribution < 1.29 is 14.7 Å². The highest BCUT2D eigenvalue weighted by atomic mass is 16.3. The first-order valence-corrected chi connectivity index (χ1v) is 10.0. The largest absolute Gasteiger partial charge is 0.507 e. The van der Waals surface area contributed by atoms with Crippen molar-refractivity contribution in [3.05, 3.63) is 65.2 Å². The molecule has 2 aromatic rings. The van der Waals surface area contributed by atoms with Gasteiger partial charge in [0, 0.05) is 19.0 Å². The third kappa shape index (κ3) is 5.59. The van der Waals surface area contributed by atoms with E-state index in [1.54, 1.807) is 12.1 Å². The molecule has 2 aromatic carbocycles. The minimum absolute atomic E-state index is 0.0412. The molecule has 1 saturated carbocycles. The number of hydrogen-bond acceptors (Lipinski definition) is 3. The molecular formula is C23H28N2O3. The van der Waals surface area contributed by atoms with Gasteiger partial charge in [-0.05, 0) is 42.5 Å². The summed E-state index contributed by atoms with van der Waals surface area (Å²) in [5.74, 6) is -0.176. The summed E-state index contributed by atoms with van der Waals surface area (Å²) in [6, 6.07) is 15.1. The Balaban J connectivity index is 1.49. The van der Waals surface area contributed by atoms with Crippen LogP contribution in [0.5, 0.6) is 5.75 Å². The summed E-state index contributed by atoms with van der Waals surface area (Å²) in [7, 11) is 0. The van der Waals surface area contributed by atoms with Crippen LogP contribution >= 0.6 is 0 Å². The lowest BCUT2D eigenvalue weighted by Gasteiger charge is -2.20. The van der Waals surface area contributed by atoms with Gasteiger partial charge in [-0.25, -0.2) is 0 Å². The van der Waals surface area contributed by atoms with Crippen molar-refractivity contribution in [1.82, 2.24) is 10.6 Å². The van der Waals surface area contributed by atoms with E-state index in [2.05, 4.69) is 10.6 Å². The van der Waals surface area contributed by atoms with Crippen molar-refractivity contribution in [1.29, 1.82) is 0 Å². The third-order valence-corrected chi connectivity index (χ3v) is 5.24. The molecule has 1 aliphatic rings. The minimum Gasteiger partial charge on any atom is -0.507 e. The average Bonchev–Trinajstić information content (AvgIpc) is 2.73. The number of carbonyl (C=O) groups excluding carboxylic acids is 2. The maximum Gasteiger partial charge on any atom is 0.255 e. The zero-order chi connectivity index (χ0) is 19.8. The zero-order valence-electron chi connectivity index (χ0n) is 16.1. The summed E-state index contributed by atoms with van der Waals surface area (Å²) in [5, 5.41) is 15.7. The van der Waals surface area contributed by atoms with Gasteiger partial charge in [0.05, 0.1) is 5.56 Å². The Labute approximate surface area is 166 Å². The smallest absolute Gasteiger partial charge is 0.255 e. The molecule has 3 rings (SSSR count). The van der Waals surface area contributed by atoms with Crippen molar-refractivity contribution in [3.8, 4) is 5.75 Å². The van der Waals surface area contributed by atoms with Gasteiger partial charge < -0.3 is 15.7 Å². The van der Waals surface area contributed by atoms with E-state index in [4.69, 9.17) is 0 Å². The van der Waals surface area contributed by atoms with Crippen molar-refractivity contribution in [2.75, 3.05) is 13.1 Å². The van der Waals surface area contributed by atoms with E-state index in [-0.39, 0.29) is 29.0 Å². The second-order valence-electron chi connectivity index (χ2n) is 7.40. The van der Waals surface area contributed by atoms with Gasteiger partial charge in [-0.15, -0.1) is 0 Å². The summed E-state index contributed by atoms with van der Waals surface area (Å²) in [6.07, 6.45) is 6.06. The van der Waals surface area contributed by atoms with Crippen LogP contribution in [0.25, 0.3) is 0 Å². The second kappa shape index (κ2) is 9.93. The quantitative estimate of drug-likeness (QED) is 0.644. The Kier molecular flexibility index (Phi) is 7.06. The van der Waals surface area contributed by atoms with Gasteiger partial charge in [-0.2, -0.15) is 0 Å². The standard InChI is InChI=1S/C23H28N2O3/c26-21-12-11-18(15-17-7-3-1-4-8-17)16-20(21)23(28)25-14-13-24-22(27)19-9-5-2-6-10-19/h1,3-4,7-8,11-12,16,19,26H,2,5-6,9-10,13-15H2,(H,24,27)(H,25,28). The molecule has 28 heavy (non-hydrogen) atoms. The van der Waals surface area contributed by atoms with Crippen molar-refractivity contribution >= 4 is 11.8 Å². The van der Waals surface area contributed by atoms with Crippen LogP contribution in [0.1, 0.15) is 53.6 Å². The Hall–Kier alpha value is -2.82. The molecule has 1 fully saturated rings. The van der Waals surface area contributed by atoms with Crippen LogP contribution in [-0.2, 0) is 11.2 Å². The van der Waals surface area contributed by atoms with Crippen molar-refractivity contribution in [2.45, 2.75) is 38.5 Å². The van der Waals surface area contributed by atoms with Crippen LogP contribution in [0, 0.1) is 5.92 Å².